The lowest BCUT2D eigenvalue weighted by atomic mass is 10.0. The molecule has 1 saturated heterocycles. The van der Waals surface area contributed by atoms with Gasteiger partial charge in [-0.2, -0.15) is 0 Å². The minimum absolute atomic E-state index is 0.223. The molecule has 160 valence electrons. The van der Waals surface area contributed by atoms with E-state index in [0.29, 0.717) is 12.1 Å². The van der Waals surface area contributed by atoms with E-state index in [9.17, 15) is 12.8 Å². The third-order valence-electron chi connectivity index (χ3n) is 5.86. The summed E-state index contributed by atoms with van der Waals surface area (Å²) >= 11 is 0. The summed E-state index contributed by atoms with van der Waals surface area (Å²) in [6.45, 7) is 4.44. The molecule has 1 fully saturated rings. The topological polar surface area (TPSA) is 58.4 Å². The molecule has 0 amide bonds. The molecule has 0 spiro atoms. The quantitative estimate of drug-likeness (QED) is 0.597. The molecule has 8 heteroatoms. The largest absolute Gasteiger partial charge is 0.327 e. The second-order valence-electron chi connectivity index (χ2n) is 7.89. The van der Waals surface area contributed by atoms with Crippen molar-refractivity contribution in [3.8, 4) is 0 Å². The zero-order valence-corrected chi connectivity index (χ0v) is 18.4. The fraction of sp³-hybridized carbons (Fsp3) is 0.409. The van der Waals surface area contributed by atoms with Crippen molar-refractivity contribution in [2.75, 3.05) is 20.6 Å². The summed E-state index contributed by atoms with van der Waals surface area (Å²) in [6.07, 6.45) is 2.11. The molecule has 30 heavy (non-hydrogen) atoms. The third kappa shape index (κ3) is 3.75. The maximum atomic E-state index is 13.3. The van der Waals surface area contributed by atoms with Gasteiger partial charge in [0.15, 0.2) is 0 Å². The van der Waals surface area contributed by atoms with Crippen LogP contribution in [0.4, 0.5) is 4.39 Å². The van der Waals surface area contributed by atoms with Gasteiger partial charge < -0.3 is 4.57 Å². The van der Waals surface area contributed by atoms with E-state index >= 15 is 0 Å². The van der Waals surface area contributed by atoms with E-state index in [4.69, 9.17) is 4.98 Å². The number of nitrogens with zero attached hydrogens (tertiary/aromatic N) is 4. The number of likely N-dealkylation sites (tertiary alicyclic amines) is 1. The predicted octanol–water partition coefficient (Wildman–Crippen LogP) is 3.78. The maximum Gasteiger partial charge on any atom is 0.242 e. The van der Waals surface area contributed by atoms with Crippen LogP contribution in [0.1, 0.15) is 37.2 Å². The van der Waals surface area contributed by atoms with Crippen LogP contribution in [0.2, 0.25) is 0 Å². The van der Waals surface area contributed by atoms with E-state index in [1.165, 1.54) is 30.5 Å². The van der Waals surface area contributed by atoms with Gasteiger partial charge >= 0.3 is 0 Å². The van der Waals surface area contributed by atoms with E-state index in [1.807, 2.05) is 18.2 Å². The molecule has 0 bridgehead atoms. The zero-order chi connectivity index (χ0) is 21.5. The molecule has 0 unspecified atom stereocenters. The van der Waals surface area contributed by atoms with E-state index in [2.05, 4.69) is 16.4 Å². The van der Waals surface area contributed by atoms with E-state index in [1.54, 1.807) is 12.1 Å². The van der Waals surface area contributed by atoms with Crippen LogP contribution < -0.4 is 0 Å². The Morgan fingerprint density at radius 2 is 1.90 bits per heavy atom. The highest BCUT2D eigenvalue weighted by Gasteiger charge is 2.28. The van der Waals surface area contributed by atoms with Gasteiger partial charge in [-0.15, -0.1) is 0 Å². The van der Waals surface area contributed by atoms with Crippen LogP contribution in [0, 0.1) is 5.82 Å². The van der Waals surface area contributed by atoms with Crippen LogP contribution in [-0.4, -0.2) is 47.8 Å². The smallest absolute Gasteiger partial charge is 0.242 e. The van der Waals surface area contributed by atoms with Crippen LogP contribution in [0.3, 0.4) is 0 Å². The number of halogens is 1. The molecule has 0 radical (unpaired) electrons. The standard InChI is InChI=1S/C22H27FN4O2S/c1-4-27-21-12-11-18(30(28,29)25(2)3)14-19(21)24-22(27)15-26-13-5-6-20(26)16-7-9-17(23)10-8-16/h7-12,14,20H,4-6,13,15H2,1-3H3/t20-/m0/s1. The van der Waals surface area contributed by atoms with Crippen LogP contribution in [0.5, 0.6) is 0 Å². The van der Waals surface area contributed by atoms with E-state index in [0.717, 1.165) is 42.8 Å². The monoisotopic (exact) mass is 430 g/mol. The van der Waals surface area contributed by atoms with Gasteiger partial charge in [-0.3, -0.25) is 4.90 Å². The van der Waals surface area contributed by atoms with Crippen LogP contribution in [0.25, 0.3) is 11.0 Å². The molecule has 1 aromatic heterocycles. The first-order chi connectivity index (χ1) is 14.3. The number of benzene rings is 2. The molecule has 6 nitrogen and oxygen atoms in total. The average Bonchev–Trinajstić information content (AvgIpc) is 3.32. The Morgan fingerprint density at radius 3 is 2.57 bits per heavy atom. The van der Waals surface area contributed by atoms with Crippen molar-refractivity contribution in [2.24, 2.45) is 0 Å². The number of rotatable bonds is 6. The second kappa shape index (κ2) is 8.09. The molecule has 1 atom stereocenters. The highest BCUT2D eigenvalue weighted by Crippen LogP contribution is 2.33. The van der Waals surface area contributed by atoms with Gasteiger partial charge in [0.2, 0.25) is 10.0 Å². The summed E-state index contributed by atoms with van der Waals surface area (Å²) in [5.74, 6) is 0.695. The molecule has 4 rings (SSSR count). The summed E-state index contributed by atoms with van der Waals surface area (Å²) in [4.78, 5) is 7.42. The first kappa shape index (κ1) is 21.0. The fourth-order valence-corrected chi connectivity index (χ4v) is 5.19. The van der Waals surface area contributed by atoms with Crippen molar-refractivity contribution in [1.29, 1.82) is 0 Å². The first-order valence-electron chi connectivity index (χ1n) is 10.2. The lowest BCUT2D eigenvalue weighted by Gasteiger charge is -2.24. The molecule has 0 saturated carbocycles. The summed E-state index contributed by atoms with van der Waals surface area (Å²) in [7, 11) is -0.454. The summed E-state index contributed by atoms with van der Waals surface area (Å²) in [5, 5.41) is 0. The summed E-state index contributed by atoms with van der Waals surface area (Å²) in [5.41, 5.74) is 2.74. The van der Waals surface area contributed by atoms with Crippen LogP contribution in [-0.2, 0) is 23.1 Å². The molecule has 0 N–H and O–H groups in total. The molecule has 1 aliphatic rings. The average molecular weight is 431 g/mol. The number of imidazole rings is 1. The number of aryl methyl sites for hydroxylation is 1. The molecular formula is C22H27FN4O2S. The molecule has 2 heterocycles. The van der Waals surface area contributed by atoms with Gasteiger partial charge in [0, 0.05) is 26.7 Å². The third-order valence-corrected chi connectivity index (χ3v) is 7.67. The second-order valence-corrected chi connectivity index (χ2v) is 10.0. The van der Waals surface area contributed by atoms with Crippen LogP contribution >= 0.6 is 0 Å². The van der Waals surface area contributed by atoms with E-state index in [-0.39, 0.29) is 16.8 Å². The van der Waals surface area contributed by atoms with Gasteiger partial charge in [0.1, 0.15) is 11.6 Å². The molecule has 0 aliphatic carbocycles. The Hall–Kier alpha value is -2.29. The minimum Gasteiger partial charge on any atom is -0.327 e. The Balaban J connectivity index is 1.67. The van der Waals surface area contributed by atoms with Crippen molar-refractivity contribution < 1.29 is 12.8 Å². The van der Waals surface area contributed by atoms with Gasteiger partial charge in [-0.25, -0.2) is 22.1 Å². The lowest BCUT2D eigenvalue weighted by Crippen LogP contribution is -2.24. The molecule has 2 aromatic carbocycles. The Morgan fingerprint density at radius 1 is 1.17 bits per heavy atom. The van der Waals surface area contributed by atoms with Crippen molar-refractivity contribution in [3.05, 3.63) is 59.7 Å². The van der Waals surface area contributed by atoms with Crippen LogP contribution in [0.15, 0.2) is 47.4 Å². The van der Waals surface area contributed by atoms with Crippen molar-refractivity contribution in [3.63, 3.8) is 0 Å². The highest BCUT2D eigenvalue weighted by molar-refractivity contribution is 7.89. The molecular weight excluding hydrogens is 403 g/mol. The number of sulfonamides is 1. The fourth-order valence-electron chi connectivity index (χ4n) is 4.26. The van der Waals surface area contributed by atoms with Gasteiger partial charge in [-0.1, -0.05) is 12.1 Å². The Labute approximate surface area is 177 Å². The highest BCUT2D eigenvalue weighted by atomic mass is 32.2. The first-order valence-corrected chi connectivity index (χ1v) is 11.7. The maximum absolute atomic E-state index is 13.3. The van der Waals surface area contributed by atoms with Crippen molar-refractivity contribution >= 4 is 21.1 Å². The summed E-state index contributed by atoms with van der Waals surface area (Å²) < 4.78 is 41.7. The summed E-state index contributed by atoms with van der Waals surface area (Å²) in [6, 6.07) is 12.1. The molecule has 1 aliphatic heterocycles. The predicted molar refractivity (Wildman–Crippen MR) is 115 cm³/mol. The number of hydrogen-bond acceptors (Lipinski definition) is 4. The Bertz CT molecular complexity index is 1160. The van der Waals surface area contributed by atoms with Gasteiger partial charge in [-0.05, 0) is 62.2 Å². The Kier molecular flexibility index (Phi) is 5.65. The lowest BCUT2D eigenvalue weighted by molar-refractivity contribution is 0.239. The van der Waals surface area contributed by atoms with E-state index < -0.39 is 10.0 Å². The minimum atomic E-state index is -3.51. The number of hydrogen-bond donors (Lipinski definition) is 0. The zero-order valence-electron chi connectivity index (χ0n) is 17.5. The van der Waals surface area contributed by atoms with Gasteiger partial charge in [0.05, 0.1) is 22.5 Å². The SMILES string of the molecule is CCn1c(CN2CCC[C@H]2c2ccc(F)cc2)nc2cc(S(=O)(=O)N(C)C)ccc21. The van der Waals surface area contributed by atoms with Crippen molar-refractivity contribution in [1.82, 2.24) is 18.8 Å². The number of fused-ring (bicyclic) bond motifs is 1. The number of aromatic nitrogens is 2. The molecule has 3 aromatic rings. The normalized spacial score (nSPS) is 18.0. The van der Waals surface area contributed by atoms with Gasteiger partial charge in [0.25, 0.3) is 0 Å². The van der Waals surface area contributed by atoms with Crippen molar-refractivity contribution in [2.45, 2.75) is 43.8 Å².